The lowest BCUT2D eigenvalue weighted by Crippen LogP contribution is -2.21. The molecule has 0 aliphatic rings. The van der Waals surface area contributed by atoms with Gasteiger partial charge in [-0.15, -0.1) is 5.10 Å². The van der Waals surface area contributed by atoms with Crippen molar-refractivity contribution in [2.45, 2.75) is 6.92 Å². The van der Waals surface area contributed by atoms with Crippen LogP contribution in [0.15, 0.2) is 70.4 Å². The number of nitrogens with one attached hydrogen (secondary N) is 1. The topological polar surface area (TPSA) is 137 Å². The summed E-state index contributed by atoms with van der Waals surface area (Å²) in [7, 11) is 0. The number of nitrogens with two attached hydrogens (primary N) is 1. The van der Waals surface area contributed by atoms with Crippen LogP contribution < -0.4 is 11.2 Å². The number of fused-ring (bicyclic) bond motifs is 1. The Kier molecular flexibility index (Phi) is 5.89. The molecule has 0 atom stereocenters. The maximum absolute atomic E-state index is 13.2. The number of nitrogen functional groups attached to an aromatic ring is 1. The van der Waals surface area contributed by atoms with E-state index < -0.39 is 5.91 Å². The lowest BCUT2D eigenvalue weighted by atomic mass is 10.0. The third-order valence-electron chi connectivity index (χ3n) is 5.28. The average molecular weight is 507 g/mol. The largest absolute Gasteiger partial charge is 0.378 e. The maximum Gasteiger partial charge on any atom is 0.294 e. The molecule has 0 saturated carbocycles. The molecule has 0 unspecified atom stereocenters. The van der Waals surface area contributed by atoms with Crippen LogP contribution in [0.5, 0.6) is 0 Å². The van der Waals surface area contributed by atoms with Gasteiger partial charge in [0.15, 0.2) is 5.69 Å². The fourth-order valence-electron chi connectivity index (χ4n) is 3.61. The van der Waals surface area contributed by atoms with Gasteiger partial charge in [0.2, 0.25) is 11.6 Å². The SMILES string of the molecule is C/C(=N\NC(=O)c1nnn(-c2nonc2N)c1-c1ccc(Cl)c(Cl)c1)c1cccc2ccccc12. The van der Waals surface area contributed by atoms with Crippen LogP contribution in [0.25, 0.3) is 27.8 Å². The van der Waals surface area contributed by atoms with E-state index in [9.17, 15) is 4.79 Å². The molecule has 35 heavy (non-hydrogen) atoms. The van der Waals surface area contributed by atoms with Gasteiger partial charge in [-0.3, -0.25) is 4.79 Å². The molecule has 0 radical (unpaired) electrons. The number of aromatic nitrogens is 5. The molecule has 0 fully saturated rings. The van der Waals surface area contributed by atoms with Crippen LogP contribution in [0.3, 0.4) is 0 Å². The van der Waals surface area contributed by atoms with E-state index in [1.807, 2.05) is 42.5 Å². The highest BCUT2D eigenvalue weighted by atomic mass is 35.5. The molecule has 2 aromatic heterocycles. The number of anilines is 1. The minimum atomic E-state index is -0.605. The van der Waals surface area contributed by atoms with Gasteiger partial charge >= 0.3 is 0 Å². The van der Waals surface area contributed by atoms with Gasteiger partial charge in [-0.25, -0.2) is 10.1 Å². The van der Waals surface area contributed by atoms with Crippen LogP contribution in [-0.4, -0.2) is 36.9 Å². The monoisotopic (exact) mass is 506 g/mol. The fraction of sp³-hybridized carbons (Fsp3) is 0.0435. The summed E-state index contributed by atoms with van der Waals surface area (Å²) in [5.41, 5.74) is 10.6. The summed E-state index contributed by atoms with van der Waals surface area (Å²) in [6.45, 7) is 1.81. The number of carbonyl (C=O) groups is 1. The highest BCUT2D eigenvalue weighted by molar-refractivity contribution is 6.42. The Hall–Kier alpha value is -4.28. The van der Waals surface area contributed by atoms with Crippen LogP contribution in [-0.2, 0) is 0 Å². The second kappa shape index (κ2) is 9.16. The average Bonchev–Trinajstić information content (AvgIpc) is 3.49. The molecule has 2 heterocycles. The molecular formula is C23H16Cl2N8O2. The smallest absolute Gasteiger partial charge is 0.294 e. The number of rotatable bonds is 5. The quantitative estimate of drug-likeness (QED) is 0.264. The fourth-order valence-corrected chi connectivity index (χ4v) is 3.91. The summed E-state index contributed by atoms with van der Waals surface area (Å²) in [6, 6.07) is 18.6. The Labute approximate surface area is 208 Å². The Balaban J connectivity index is 1.54. The van der Waals surface area contributed by atoms with Crippen molar-refractivity contribution >= 4 is 51.4 Å². The zero-order valence-corrected chi connectivity index (χ0v) is 19.6. The van der Waals surface area contributed by atoms with Crippen molar-refractivity contribution in [2.24, 2.45) is 5.10 Å². The van der Waals surface area contributed by atoms with E-state index in [4.69, 9.17) is 28.9 Å². The summed E-state index contributed by atoms with van der Waals surface area (Å²) >= 11 is 12.3. The van der Waals surface area contributed by atoms with E-state index >= 15 is 0 Å². The first-order valence-electron chi connectivity index (χ1n) is 10.3. The van der Waals surface area contributed by atoms with Crippen molar-refractivity contribution in [3.63, 3.8) is 0 Å². The highest BCUT2D eigenvalue weighted by Crippen LogP contribution is 2.31. The summed E-state index contributed by atoms with van der Waals surface area (Å²) in [5.74, 6) is -0.576. The molecule has 0 bridgehead atoms. The maximum atomic E-state index is 13.2. The molecule has 10 nitrogen and oxygen atoms in total. The molecule has 0 spiro atoms. The minimum absolute atomic E-state index is 0.0343. The molecule has 0 aliphatic carbocycles. The second-order valence-electron chi connectivity index (χ2n) is 7.47. The van der Waals surface area contributed by atoms with Crippen LogP contribution >= 0.6 is 23.2 Å². The Morgan fingerprint density at radius 2 is 1.86 bits per heavy atom. The zero-order chi connectivity index (χ0) is 24.5. The van der Waals surface area contributed by atoms with Crippen LogP contribution in [0.1, 0.15) is 23.0 Å². The normalized spacial score (nSPS) is 11.7. The van der Waals surface area contributed by atoms with Crippen molar-refractivity contribution in [3.8, 4) is 17.1 Å². The highest BCUT2D eigenvalue weighted by Gasteiger charge is 2.25. The molecule has 1 amide bonds. The van der Waals surface area contributed by atoms with Crippen molar-refractivity contribution in [3.05, 3.63) is 82.0 Å². The lowest BCUT2D eigenvalue weighted by Gasteiger charge is -2.08. The van der Waals surface area contributed by atoms with Crippen LogP contribution in [0.2, 0.25) is 10.0 Å². The molecule has 174 valence electrons. The first-order valence-corrected chi connectivity index (χ1v) is 11.0. The van der Waals surface area contributed by atoms with Crippen molar-refractivity contribution in [1.82, 2.24) is 30.7 Å². The first kappa shape index (κ1) is 22.5. The predicted molar refractivity (Wildman–Crippen MR) is 133 cm³/mol. The summed E-state index contributed by atoms with van der Waals surface area (Å²) in [4.78, 5) is 13.2. The van der Waals surface area contributed by atoms with E-state index in [0.717, 1.165) is 16.3 Å². The molecule has 12 heteroatoms. The third-order valence-corrected chi connectivity index (χ3v) is 6.02. The van der Waals surface area contributed by atoms with Crippen LogP contribution in [0, 0.1) is 0 Å². The van der Waals surface area contributed by atoms with Crippen LogP contribution in [0.4, 0.5) is 5.82 Å². The van der Waals surface area contributed by atoms with Crippen molar-refractivity contribution < 1.29 is 9.42 Å². The van der Waals surface area contributed by atoms with Gasteiger partial charge in [0.25, 0.3) is 5.91 Å². The number of hydrogen-bond donors (Lipinski definition) is 2. The number of carbonyl (C=O) groups excluding carboxylic acids is 1. The van der Waals surface area contributed by atoms with Gasteiger partial charge in [0.1, 0.15) is 5.69 Å². The second-order valence-corrected chi connectivity index (χ2v) is 8.28. The summed E-state index contributed by atoms with van der Waals surface area (Å²) in [6.07, 6.45) is 0. The van der Waals surface area contributed by atoms with Gasteiger partial charge < -0.3 is 5.73 Å². The van der Waals surface area contributed by atoms with Gasteiger partial charge in [0, 0.05) is 11.1 Å². The molecule has 5 aromatic rings. The summed E-state index contributed by atoms with van der Waals surface area (Å²) in [5, 5.41) is 22.4. The standard InChI is InChI=1S/C23H16Cl2N8O2/c1-12(15-8-4-6-13-5-2-3-7-16(13)15)27-29-23(34)19-20(14-9-10-17(24)18(25)11-14)33(32-28-19)22-21(26)30-35-31-22/h2-11H,1H3,(H2,26,30)(H,29,34)/b27-12+. The van der Waals surface area contributed by atoms with E-state index in [2.05, 4.69) is 35.8 Å². The summed E-state index contributed by atoms with van der Waals surface area (Å²) < 4.78 is 5.92. The van der Waals surface area contributed by atoms with E-state index in [1.54, 1.807) is 25.1 Å². The van der Waals surface area contributed by atoms with Gasteiger partial charge in [-0.05, 0) is 40.1 Å². The number of hydrogen-bond acceptors (Lipinski definition) is 8. The number of amides is 1. The molecule has 0 aliphatic heterocycles. The zero-order valence-electron chi connectivity index (χ0n) is 18.1. The minimum Gasteiger partial charge on any atom is -0.378 e. The number of nitrogens with zero attached hydrogens (tertiary/aromatic N) is 6. The van der Waals surface area contributed by atoms with E-state index in [1.165, 1.54) is 4.68 Å². The Morgan fingerprint density at radius 3 is 2.63 bits per heavy atom. The Morgan fingerprint density at radius 1 is 1.06 bits per heavy atom. The number of hydrazone groups is 1. The number of benzene rings is 3. The van der Waals surface area contributed by atoms with Gasteiger partial charge in [-0.1, -0.05) is 76.9 Å². The van der Waals surface area contributed by atoms with Gasteiger partial charge in [0.05, 0.1) is 15.8 Å². The third kappa shape index (κ3) is 4.20. The molecule has 3 aromatic carbocycles. The molecule has 0 saturated heterocycles. The van der Waals surface area contributed by atoms with Crippen molar-refractivity contribution in [1.29, 1.82) is 0 Å². The molecule has 3 N–H and O–H groups in total. The molecular weight excluding hydrogens is 491 g/mol. The van der Waals surface area contributed by atoms with E-state index in [0.29, 0.717) is 16.3 Å². The Bertz CT molecular complexity index is 1600. The first-order chi connectivity index (χ1) is 16.9. The van der Waals surface area contributed by atoms with Crippen molar-refractivity contribution in [2.75, 3.05) is 5.73 Å². The van der Waals surface area contributed by atoms with Gasteiger partial charge in [-0.2, -0.15) is 9.78 Å². The number of halogens is 2. The van der Waals surface area contributed by atoms with E-state index in [-0.39, 0.29) is 28.0 Å². The predicted octanol–water partition coefficient (Wildman–Crippen LogP) is 4.51. The molecule has 5 rings (SSSR count). The lowest BCUT2D eigenvalue weighted by molar-refractivity contribution is 0.0950.